The average molecular weight is 583 g/mol. The van der Waals surface area contributed by atoms with Crippen LogP contribution in [0.5, 0.6) is 0 Å². The minimum atomic E-state index is -0.766. The summed E-state index contributed by atoms with van der Waals surface area (Å²) >= 11 is 2.66. The molecule has 0 saturated carbocycles. The Labute approximate surface area is 237 Å². The number of nitrogens with two attached hydrogens (primary N) is 1. The first-order chi connectivity index (χ1) is 19.3. The number of nitrogens with one attached hydrogen (secondary N) is 1. The number of benzene rings is 1. The summed E-state index contributed by atoms with van der Waals surface area (Å²) in [5.41, 5.74) is 6.58. The molecule has 40 heavy (non-hydrogen) atoms. The molecule has 0 unspecified atom stereocenters. The maximum absolute atomic E-state index is 13.5. The Bertz CT molecular complexity index is 1740. The van der Waals surface area contributed by atoms with Crippen molar-refractivity contribution in [3.63, 3.8) is 0 Å². The van der Waals surface area contributed by atoms with Gasteiger partial charge < -0.3 is 15.4 Å². The Morgan fingerprint density at radius 1 is 1.20 bits per heavy atom. The molecule has 3 N–H and O–H groups in total. The second-order valence-corrected chi connectivity index (χ2v) is 11.6. The summed E-state index contributed by atoms with van der Waals surface area (Å²) in [6.07, 6.45) is 4.01. The maximum atomic E-state index is 13.5. The first kappa shape index (κ1) is 27.9. The monoisotopic (exact) mass is 582 g/mol. The number of anilines is 2. The third-order valence-corrected chi connectivity index (χ3v) is 9.17. The van der Waals surface area contributed by atoms with Crippen LogP contribution in [0.25, 0.3) is 10.2 Å². The molecule has 0 spiro atoms. The predicted molar refractivity (Wildman–Crippen MR) is 158 cm³/mol. The number of rotatable bonds is 9. The van der Waals surface area contributed by atoms with Gasteiger partial charge in [-0.15, -0.1) is 11.3 Å². The van der Waals surface area contributed by atoms with Crippen LogP contribution in [0.15, 0.2) is 49.9 Å². The van der Waals surface area contributed by atoms with E-state index in [4.69, 9.17) is 15.5 Å². The molecule has 1 amide bonds. The summed E-state index contributed by atoms with van der Waals surface area (Å²) in [7, 11) is 3.14. The van der Waals surface area contributed by atoms with Crippen LogP contribution in [0.3, 0.4) is 0 Å². The van der Waals surface area contributed by atoms with Gasteiger partial charge in [-0.05, 0) is 36.8 Å². The smallest absolute Gasteiger partial charge is 0.330 e. The second-order valence-electron chi connectivity index (χ2n) is 9.54. The number of carbonyl (C=O) groups excluding carboxylic acids is 1. The molecule has 4 aromatic rings. The molecule has 1 aromatic carbocycles. The quantitative estimate of drug-likeness (QED) is 0.226. The van der Waals surface area contributed by atoms with Crippen molar-refractivity contribution >= 4 is 50.7 Å². The SMILES string of the molecule is COCCN(C(=O)CSc1nc2sc3c(c2c(=O)n1C)CCCC3)c1c(N)n(Cc2ccccc2)c(=O)[nH]c1=O. The highest BCUT2D eigenvalue weighted by Crippen LogP contribution is 2.34. The fraction of sp³-hybridized carbons (Fsp3) is 0.370. The lowest BCUT2D eigenvalue weighted by Crippen LogP contribution is -2.43. The Morgan fingerprint density at radius 3 is 2.70 bits per heavy atom. The van der Waals surface area contributed by atoms with Gasteiger partial charge in [0.25, 0.3) is 11.1 Å². The van der Waals surface area contributed by atoms with Crippen LogP contribution in [-0.2, 0) is 36.0 Å². The number of hydrogen-bond donors (Lipinski definition) is 2. The lowest BCUT2D eigenvalue weighted by Gasteiger charge is -2.24. The predicted octanol–water partition coefficient (Wildman–Crippen LogP) is 2.13. The van der Waals surface area contributed by atoms with Gasteiger partial charge in [-0.3, -0.25) is 28.5 Å². The van der Waals surface area contributed by atoms with E-state index in [0.29, 0.717) is 15.4 Å². The number of aryl methyl sites for hydroxylation is 2. The lowest BCUT2D eigenvalue weighted by atomic mass is 9.97. The molecule has 0 atom stereocenters. The van der Waals surface area contributed by atoms with Crippen LogP contribution in [-0.4, -0.2) is 51.0 Å². The first-order valence-corrected chi connectivity index (χ1v) is 14.7. The van der Waals surface area contributed by atoms with Gasteiger partial charge in [0.2, 0.25) is 5.91 Å². The highest BCUT2D eigenvalue weighted by Gasteiger charge is 2.26. The fourth-order valence-electron chi connectivity index (χ4n) is 4.91. The Kier molecular flexibility index (Phi) is 8.24. The second kappa shape index (κ2) is 11.8. The van der Waals surface area contributed by atoms with E-state index in [1.165, 1.54) is 26.0 Å². The van der Waals surface area contributed by atoms with E-state index < -0.39 is 17.2 Å². The van der Waals surface area contributed by atoms with Crippen molar-refractivity contribution in [1.29, 1.82) is 0 Å². The molecule has 11 nitrogen and oxygen atoms in total. The number of ether oxygens (including phenoxy) is 1. The number of aromatic amines is 1. The minimum Gasteiger partial charge on any atom is -0.383 e. The van der Waals surface area contributed by atoms with Gasteiger partial charge in [0, 0.05) is 25.6 Å². The van der Waals surface area contributed by atoms with Crippen LogP contribution in [0.1, 0.15) is 28.8 Å². The zero-order valence-corrected chi connectivity index (χ0v) is 23.9. The standard InChI is InChI=1S/C27H30N6O5S2/c1-31-25(36)20-17-10-6-7-11-18(17)40-24(20)30-27(31)39-15-19(34)32(12-13-38-2)21-22(28)33(26(37)29-23(21)35)14-16-8-4-3-5-9-16/h3-5,8-9H,6-7,10-15,28H2,1-2H3,(H,29,35,37). The topological polar surface area (TPSA) is 145 Å². The van der Waals surface area contributed by atoms with Crippen molar-refractivity contribution in [3.8, 4) is 0 Å². The summed E-state index contributed by atoms with van der Waals surface area (Å²) in [4.78, 5) is 62.5. The third-order valence-electron chi connectivity index (χ3n) is 6.97. The van der Waals surface area contributed by atoms with Crippen LogP contribution in [0, 0.1) is 0 Å². The number of hydrogen-bond acceptors (Lipinski definition) is 9. The first-order valence-electron chi connectivity index (χ1n) is 12.9. The molecule has 0 radical (unpaired) electrons. The van der Waals surface area contributed by atoms with Crippen molar-refractivity contribution in [1.82, 2.24) is 19.1 Å². The Balaban J connectivity index is 1.45. The molecule has 3 aromatic heterocycles. The van der Waals surface area contributed by atoms with Crippen molar-refractivity contribution < 1.29 is 9.53 Å². The van der Waals surface area contributed by atoms with E-state index in [9.17, 15) is 19.2 Å². The van der Waals surface area contributed by atoms with Gasteiger partial charge in [0.05, 0.1) is 24.3 Å². The molecule has 1 aliphatic carbocycles. The van der Waals surface area contributed by atoms with Gasteiger partial charge in [-0.25, -0.2) is 9.78 Å². The van der Waals surface area contributed by atoms with E-state index in [0.717, 1.165) is 48.6 Å². The van der Waals surface area contributed by atoms with Crippen LogP contribution < -0.4 is 27.4 Å². The summed E-state index contributed by atoms with van der Waals surface area (Å²) in [5, 5.41) is 1.09. The molecule has 3 heterocycles. The highest BCUT2D eigenvalue weighted by molar-refractivity contribution is 7.99. The number of amides is 1. The van der Waals surface area contributed by atoms with Crippen LogP contribution in [0.4, 0.5) is 11.5 Å². The largest absolute Gasteiger partial charge is 0.383 e. The molecular formula is C27H30N6O5S2. The summed E-state index contributed by atoms with van der Waals surface area (Å²) in [6.45, 7) is 0.291. The van der Waals surface area contributed by atoms with Crippen LogP contribution in [0.2, 0.25) is 0 Å². The van der Waals surface area contributed by atoms with Gasteiger partial charge in [0.1, 0.15) is 10.6 Å². The van der Waals surface area contributed by atoms with Gasteiger partial charge in [-0.1, -0.05) is 42.1 Å². The van der Waals surface area contributed by atoms with Crippen molar-refractivity contribution in [3.05, 3.63) is 77.5 Å². The van der Waals surface area contributed by atoms with Gasteiger partial charge >= 0.3 is 5.69 Å². The summed E-state index contributed by atoms with van der Waals surface area (Å²) in [6, 6.07) is 9.18. The number of thioether (sulfide) groups is 1. The van der Waals surface area contributed by atoms with E-state index in [1.54, 1.807) is 18.4 Å². The number of methoxy groups -OCH3 is 1. The fourth-order valence-corrected chi connectivity index (χ4v) is 7.06. The molecule has 210 valence electrons. The molecule has 0 fully saturated rings. The van der Waals surface area contributed by atoms with E-state index >= 15 is 0 Å². The Hall–Kier alpha value is -3.68. The highest BCUT2D eigenvalue weighted by atomic mass is 32.2. The normalized spacial score (nSPS) is 12.9. The molecule has 0 aliphatic heterocycles. The number of nitrogen functional groups attached to an aromatic ring is 1. The van der Waals surface area contributed by atoms with Gasteiger partial charge in [0.15, 0.2) is 10.8 Å². The zero-order valence-electron chi connectivity index (χ0n) is 22.3. The van der Waals surface area contributed by atoms with Crippen molar-refractivity contribution in [2.45, 2.75) is 37.4 Å². The minimum absolute atomic E-state index is 0.0375. The summed E-state index contributed by atoms with van der Waals surface area (Å²) in [5.74, 6) is -0.677. The van der Waals surface area contributed by atoms with Crippen molar-refractivity contribution in [2.24, 2.45) is 7.05 Å². The van der Waals surface area contributed by atoms with E-state index in [-0.39, 0.29) is 42.5 Å². The van der Waals surface area contributed by atoms with E-state index in [2.05, 4.69) is 4.98 Å². The number of thiophene rings is 1. The molecular weight excluding hydrogens is 552 g/mol. The summed E-state index contributed by atoms with van der Waals surface area (Å²) < 4.78 is 7.88. The molecule has 0 saturated heterocycles. The molecule has 0 bridgehead atoms. The number of carbonyl (C=O) groups is 1. The maximum Gasteiger partial charge on any atom is 0.330 e. The van der Waals surface area contributed by atoms with Crippen LogP contribution >= 0.6 is 23.1 Å². The molecule has 1 aliphatic rings. The Morgan fingerprint density at radius 2 is 1.95 bits per heavy atom. The van der Waals surface area contributed by atoms with Gasteiger partial charge in [-0.2, -0.15) is 0 Å². The van der Waals surface area contributed by atoms with Crippen molar-refractivity contribution in [2.75, 3.05) is 36.6 Å². The number of H-pyrrole nitrogens is 1. The zero-order chi connectivity index (χ0) is 28.4. The lowest BCUT2D eigenvalue weighted by molar-refractivity contribution is -0.116. The third kappa shape index (κ3) is 5.36. The number of nitrogens with zero attached hydrogens (tertiary/aromatic N) is 4. The van der Waals surface area contributed by atoms with E-state index in [1.807, 2.05) is 30.3 Å². The number of aromatic nitrogens is 4. The molecule has 13 heteroatoms. The average Bonchev–Trinajstić information content (AvgIpc) is 3.32. The number of fused-ring (bicyclic) bond motifs is 3. The molecule has 5 rings (SSSR count).